The van der Waals surface area contributed by atoms with Crippen molar-refractivity contribution in [3.05, 3.63) is 54.0 Å². The monoisotopic (exact) mass is 352 g/mol. The van der Waals surface area contributed by atoms with E-state index in [-0.39, 0.29) is 0 Å². The summed E-state index contributed by atoms with van der Waals surface area (Å²) in [6.45, 7) is 5.79. The maximum Gasteiger partial charge on any atom is 0.254 e. The highest BCUT2D eigenvalue weighted by molar-refractivity contribution is 5.46. The molecule has 1 aliphatic rings. The van der Waals surface area contributed by atoms with Crippen LogP contribution in [0.5, 0.6) is 0 Å². The zero-order valence-corrected chi connectivity index (χ0v) is 15.2. The van der Waals surface area contributed by atoms with Gasteiger partial charge in [0.25, 0.3) is 5.78 Å². The largest absolute Gasteiger partial charge is 0.378 e. The third-order valence-electron chi connectivity index (χ3n) is 4.87. The van der Waals surface area contributed by atoms with Crippen LogP contribution in [-0.4, -0.2) is 50.7 Å². The van der Waals surface area contributed by atoms with Gasteiger partial charge in [0.2, 0.25) is 0 Å². The molecule has 0 amide bonds. The van der Waals surface area contributed by atoms with E-state index in [1.54, 1.807) is 11.6 Å². The molecule has 1 N–H and O–H groups in total. The van der Waals surface area contributed by atoms with E-state index in [0.717, 1.165) is 31.1 Å². The first kappa shape index (κ1) is 16.9. The highest BCUT2D eigenvalue weighted by Crippen LogP contribution is 2.23. The summed E-state index contributed by atoms with van der Waals surface area (Å²) in [7, 11) is 1.67. The Hall–Kier alpha value is -2.51. The molecule has 1 aromatic carbocycles. The van der Waals surface area contributed by atoms with Crippen molar-refractivity contribution in [1.29, 1.82) is 0 Å². The number of anilines is 1. The fourth-order valence-corrected chi connectivity index (χ4v) is 3.60. The molecule has 2 atom stereocenters. The minimum Gasteiger partial charge on any atom is -0.378 e. The predicted molar refractivity (Wildman–Crippen MR) is 99.8 cm³/mol. The van der Waals surface area contributed by atoms with Crippen molar-refractivity contribution in [3.8, 4) is 0 Å². The van der Waals surface area contributed by atoms with Crippen LogP contribution in [0, 0.1) is 5.92 Å². The average Bonchev–Trinajstić information content (AvgIpc) is 3.23. The molecule has 4 rings (SSSR count). The molecule has 7 nitrogen and oxygen atoms in total. The van der Waals surface area contributed by atoms with E-state index >= 15 is 0 Å². The van der Waals surface area contributed by atoms with Gasteiger partial charge < -0.3 is 10.1 Å². The number of hydrogen-bond acceptors (Lipinski definition) is 6. The molecule has 3 heterocycles. The Morgan fingerprint density at radius 3 is 2.88 bits per heavy atom. The number of ether oxygens (including phenoxy) is 1. The number of methoxy groups -OCH3 is 1. The summed E-state index contributed by atoms with van der Waals surface area (Å²) >= 11 is 0. The smallest absolute Gasteiger partial charge is 0.254 e. The van der Waals surface area contributed by atoms with Gasteiger partial charge in [0, 0.05) is 38.9 Å². The number of likely N-dealkylation sites (tertiary alicyclic amines) is 1. The lowest BCUT2D eigenvalue weighted by Crippen LogP contribution is -2.29. The molecule has 1 aliphatic heterocycles. The number of fused-ring (bicyclic) bond motifs is 1. The van der Waals surface area contributed by atoms with E-state index < -0.39 is 0 Å². The number of nitrogens with one attached hydrogen (secondary N) is 1. The molecule has 2 unspecified atom stereocenters. The molecule has 1 saturated heterocycles. The summed E-state index contributed by atoms with van der Waals surface area (Å²) < 4.78 is 6.98. The van der Waals surface area contributed by atoms with Crippen molar-refractivity contribution >= 4 is 11.6 Å². The Morgan fingerprint density at radius 1 is 1.23 bits per heavy atom. The fraction of sp³-hybridized carbons (Fsp3) is 0.421. The molecule has 1 fully saturated rings. The van der Waals surface area contributed by atoms with Crippen LogP contribution in [0.1, 0.15) is 18.2 Å². The Labute approximate surface area is 153 Å². The molecule has 0 radical (unpaired) electrons. The van der Waals surface area contributed by atoms with Gasteiger partial charge in [-0.1, -0.05) is 37.3 Å². The summed E-state index contributed by atoms with van der Waals surface area (Å²) in [6, 6.07) is 13.0. The van der Waals surface area contributed by atoms with Gasteiger partial charge in [0.1, 0.15) is 12.1 Å². The van der Waals surface area contributed by atoms with Gasteiger partial charge in [0.05, 0.1) is 12.3 Å². The van der Waals surface area contributed by atoms with E-state index in [0.29, 0.717) is 24.3 Å². The first-order valence-corrected chi connectivity index (χ1v) is 8.94. The standard InChI is InChI=1S/C19H24N6O/c1-14-9-24(10-15-6-4-3-5-7-15)11-17(14)23-18-8-16(12-26-2)22-19-20-13-21-25(18)19/h3-8,13-14,17,23H,9-12H2,1-2H3. The first-order valence-electron chi connectivity index (χ1n) is 8.94. The Morgan fingerprint density at radius 2 is 2.08 bits per heavy atom. The van der Waals surface area contributed by atoms with Crippen LogP contribution in [0.25, 0.3) is 5.78 Å². The highest BCUT2D eigenvalue weighted by Gasteiger charge is 2.30. The Kier molecular flexibility index (Phi) is 4.81. The van der Waals surface area contributed by atoms with Crippen LogP contribution in [0.2, 0.25) is 0 Å². The second-order valence-electron chi connectivity index (χ2n) is 6.95. The van der Waals surface area contributed by atoms with Gasteiger partial charge in [0.15, 0.2) is 0 Å². The normalized spacial score (nSPS) is 20.7. The molecule has 136 valence electrons. The molecular weight excluding hydrogens is 328 g/mol. The van der Waals surface area contributed by atoms with Crippen LogP contribution in [-0.2, 0) is 17.9 Å². The molecule has 2 aromatic heterocycles. The van der Waals surface area contributed by atoms with Gasteiger partial charge in [-0.2, -0.15) is 14.6 Å². The van der Waals surface area contributed by atoms with Crippen molar-refractivity contribution in [2.24, 2.45) is 5.92 Å². The van der Waals surface area contributed by atoms with Gasteiger partial charge in [-0.05, 0) is 11.5 Å². The molecule has 3 aromatic rings. The topological polar surface area (TPSA) is 67.6 Å². The zero-order chi connectivity index (χ0) is 17.9. The van der Waals surface area contributed by atoms with Gasteiger partial charge >= 0.3 is 0 Å². The summed E-state index contributed by atoms with van der Waals surface area (Å²) in [5, 5.41) is 7.96. The van der Waals surface area contributed by atoms with Crippen molar-refractivity contribution in [3.63, 3.8) is 0 Å². The van der Waals surface area contributed by atoms with E-state index in [2.05, 4.69) is 62.5 Å². The second kappa shape index (κ2) is 7.39. The average molecular weight is 352 g/mol. The quantitative estimate of drug-likeness (QED) is 0.734. The summed E-state index contributed by atoms with van der Waals surface area (Å²) in [6.07, 6.45) is 1.53. The predicted octanol–water partition coefficient (Wildman–Crippen LogP) is 2.20. The van der Waals surface area contributed by atoms with Gasteiger partial charge in [-0.15, -0.1) is 0 Å². The second-order valence-corrected chi connectivity index (χ2v) is 6.95. The van der Waals surface area contributed by atoms with Crippen LogP contribution in [0.3, 0.4) is 0 Å². The molecule has 26 heavy (non-hydrogen) atoms. The molecule has 7 heteroatoms. The summed E-state index contributed by atoms with van der Waals surface area (Å²) in [5.41, 5.74) is 2.20. The maximum atomic E-state index is 5.23. The lowest BCUT2D eigenvalue weighted by atomic mass is 10.1. The Balaban J connectivity index is 1.50. The van der Waals surface area contributed by atoms with Gasteiger partial charge in [-0.25, -0.2) is 4.98 Å². The molecule has 0 bridgehead atoms. The van der Waals surface area contributed by atoms with E-state index in [1.807, 2.05) is 6.07 Å². The number of rotatable bonds is 6. The third-order valence-corrected chi connectivity index (χ3v) is 4.87. The van der Waals surface area contributed by atoms with Crippen LogP contribution in [0.15, 0.2) is 42.7 Å². The molecule has 0 aliphatic carbocycles. The number of hydrogen-bond donors (Lipinski definition) is 1. The minimum atomic E-state index is 0.351. The first-order chi connectivity index (χ1) is 12.7. The maximum absolute atomic E-state index is 5.23. The van der Waals surface area contributed by atoms with Crippen molar-refractivity contribution < 1.29 is 4.74 Å². The molecule has 0 saturated carbocycles. The van der Waals surface area contributed by atoms with Crippen LogP contribution >= 0.6 is 0 Å². The third kappa shape index (κ3) is 3.54. The van der Waals surface area contributed by atoms with Crippen molar-refractivity contribution in [2.75, 3.05) is 25.5 Å². The minimum absolute atomic E-state index is 0.351. The number of benzene rings is 1. The van der Waals surface area contributed by atoms with E-state index in [9.17, 15) is 0 Å². The molecular formula is C19H24N6O. The van der Waals surface area contributed by atoms with Crippen molar-refractivity contribution in [2.45, 2.75) is 26.1 Å². The molecule has 0 spiro atoms. The summed E-state index contributed by atoms with van der Waals surface area (Å²) in [4.78, 5) is 11.2. The van der Waals surface area contributed by atoms with Crippen LogP contribution in [0.4, 0.5) is 5.82 Å². The Bertz CT molecular complexity index is 865. The van der Waals surface area contributed by atoms with Crippen molar-refractivity contribution in [1.82, 2.24) is 24.5 Å². The fourth-order valence-electron chi connectivity index (χ4n) is 3.60. The van der Waals surface area contributed by atoms with Gasteiger partial charge in [-0.3, -0.25) is 4.90 Å². The zero-order valence-electron chi connectivity index (χ0n) is 15.2. The lowest BCUT2D eigenvalue weighted by molar-refractivity contribution is 0.181. The SMILES string of the molecule is COCc1cc(NC2CN(Cc3ccccc3)CC2C)n2ncnc2n1. The van der Waals surface area contributed by atoms with E-state index in [4.69, 9.17) is 4.74 Å². The van der Waals surface area contributed by atoms with E-state index in [1.165, 1.54) is 11.9 Å². The number of nitrogens with zero attached hydrogens (tertiary/aromatic N) is 5. The van der Waals surface area contributed by atoms with Crippen LogP contribution < -0.4 is 5.32 Å². The lowest BCUT2D eigenvalue weighted by Gasteiger charge is -2.19. The highest BCUT2D eigenvalue weighted by atomic mass is 16.5. The number of aromatic nitrogens is 4. The summed E-state index contributed by atoms with van der Waals surface area (Å²) in [5.74, 6) is 2.04.